The molecule has 0 aliphatic carbocycles. The van der Waals surface area contributed by atoms with Crippen molar-refractivity contribution in [1.29, 1.82) is 0 Å². The van der Waals surface area contributed by atoms with E-state index in [4.69, 9.17) is 0 Å². The zero-order valence-corrected chi connectivity index (χ0v) is 9.75. The lowest BCUT2D eigenvalue weighted by molar-refractivity contribution is 0.111. The van der Waals surface area contributed by atoms with Gasteiger partial charge in [0.05, 0.1) is 9.75 Å². The minimum Gasteiger partial charge on any atom is -0.384 e. The SMILES string of the molecule is O=Cc1sccc1C(O)c1ccsc1C=O. The van der Waals surface area contributed by atoms with Crippen LogP contribution in [0.2, 0.25) is 0 Å². The van der Waals surface area contributed by atoms with E-state index in [-0.39, 0.29) is 0 Å². The maximum absolute atomic E-state index is 10.7. The Labute approximate surface area is 100.0 Å². The molecule has 0 aromatic carbocycles. The highest BCUT2D eigenvalue weighted by molar-refractivity contribution is 7.12. The molecule has 1 N–H and O–H groups in total. The van der Waals surface area contributed by atoms with Gasteiger partial charge in [-0.1, -0.05) is 0 Å². The summed E-state index contributed by atoms with van der Waals surface area (Å²) >= 11 is 2.55. The van der Waals surface area contributed by atoms with Crippen LogP contribution in [-0.2, 0) is 0 Å². The summed E-state index contributed by atoms with van der Waals surface area (Å²) in [5.41, 5.74) is 1.11. The Bertz CT molecular complexity index is 467. The molecule has 0 saturated heterocycles. The first-order valence-electron chi connectivity index (χ1n) is 4.51. The lowest BCUT2D eigenvalue weighted by Gasteiger charge is -2.08. The molecule has 0 saturated carbocycles. The van der Waals surface area contributed by atoms with E-state index in [1.54, 1.807) is 22.9 Å². The predicted octanol–water partition coefficient (Wildman–Crippen LogP) is 2.52. The quantitative estimate of drug-likeness (QED) is 0.851. The second-order valence-corrected chi connectivity index (χ2v) is 5.01. The predicted molar refractivity (Wildman–Crippen MR) is 63.5 cm³/mol. The lowest BCUT2D eigenvalue weighted by atomic mass is 10.0. The average molecular weight is 252 g/mol. The molecule has 5 heteroatoms. The molecule has 16 heavy (non-hydrogen) atoms. The van der Waals surface area contributed by atoms with Crippen LogP contribution in [0.15, 0.2) is 22.9 Å². The smallest absolute Gasteiger partial charge is 0.160 e. The summed E-state index contributed by atoms with van der Waals surface area (Å²) in [4.78, 5) is 22.5. The second-order valence-electron chi connectivity index (χ2n) is 3.12. The summed E-state index contributed by atoms with van der Waals surface area (Å²) in [6, 6.07) is 3.40. The van der Waals surface area contributed by atoms with E-state index in [0.29, 0.717) is 20.9 Å². The minimum atomic E-state index is -0.905. The Kier molecular flexibility index (Phi) is 3.28. The van der Waals surface area contributed by atoms with Gasteiger partial charge in [-0.3, -0.25) is 9.59 Å². The van der Waals surface area contributed by atoms with Crippen LogP contribution in [0.3, 0.4) is 0 Å². The Balaban J connectivity index is 2.42. The van der Waals surface area contributed by atoms with Crippen LogP contribution in [0.5, 0.6) is 0 Å². The molecule has 2 aromatic heterocycles. The zero-order valence-electron chi connectivity index (χ0n) is 8.12. The monoisotopic (exact) mass is 252 g/mol. The van der Waals surface area contributed by atoms with Crippen LogP contribution in [0.1, 0.15) is 36.6 Å². The molecule has 0 bridgehead atoms. The van der Waals surface area contributed by atoms with Gasteiger partial charge in [-0.15, -0.1) is 22.7 Å². The van der Waals surface area contributed by atoms with Crippen LogP contribution < -0.4 is 0 Å². The van der Waals surface area contributed by atoms with Crippen molar-refractivity contribution in [3.8, 4) is 0 Å². The van der Waals surface area contributed by atoms with Crippen molar-refractivity contribution < 1.29 is 14.7 Å². The Morgan fingerprint density at radius 2 is 1.44 bits per heavy atom. The normalized spacial score (nSPS) is 10.6. The van der Waals surface area contributed by atoms with Gasteiger partial charge >= 0.3 is 0 Å². The summed E-state index contributed by atoms with van der Waals surface area (Å²) in [6.45, 7) is 0. The molecule has 0 amide bonds. The van der Waals surface area contributed by atoms with E-state index in [2.05, 4.69) is 0 Å². The number of carbonyl (C=O) groups is 2. The van der Waals surface area contributed by atoms with Crippen LogP contribution in [-0.4, -0.2) is 17.7 Å². The first-order chi connectivity index (χ1) is 7.77. The van der Waals surface area contributed by atoms with Crippen LogP contribution in [0, 0.1) is 0 Å². The van der Waals surface area contributed by atoms with Gasteiger partial charge in [-0.05, 0) is 22.9 Å². The number of aldehydes is 2. The fraction of sp³-hybridized carbons (Fsp3) is 0.0909. The number of hydrogen-bond donors (Lipinski definition) is 1. The van der Waals surface area contributed by atoms with Crippen molar-refractivity contribution in [2.75, 3.05) is 0 Å². The van der Waals surface area contributed by atoms with Crippen LogP contribution >= 0.6 is 22.7 Å². The van der Waals surface area contributed by atoms with E-state index in [1.807, 2.05) is 0 Å². The summed E-state index contributed by atoms with van der Waals surface area (Å²) in [7, 11) is 0. The van der Waals surface area contributed by atoms with Crippen molar-refractivity contribution in [3.63, 3.8) is 0 Å². The molecule has 2 aromatic rings. The third-order valence-electron chi connectivity index (χ3n) is 2.26. The van der Waals surface area contributed by atoms with Gasteiger partial charge in [0.25, 0.3) is 0 Å². The fourth-order valence-electron chi connectivity index (χ4n) is 1.47. The average Bonchev–Trinajstić information content (AvgIpc) is 2.96. The van der Waals surface area contributed by atoms with Crippen molar-refractivity contribution in [1.82, 2.24) is 0 Å². The Morgan fingerprint density at radius 3 is 1.81 bits per heavy atom. The first-order valence-corrected chi connectivity index (χ1v) is 6.27. The third kappa shape index (κ3) is 1.84. The van der Waals surface area contributed by atoms with Crippen molar-refractivity contribution in [2.45, 2.75) is 6.10 Å². The highest BCUT2D eigenvalue weighted by Gasteiger charge is 2.19. The number of aliphatic hydroxyl groups is 1. The largest absolute Gasteiger partial charge is 0.384 e. The van der Waals surface area contributed by atoms with E-state index in [9.17, 15) is 14.7 Å². The maximum atomic E-state index is 10.7. The van der Waals surface area contributed by atoms with E-state index in [1.165, 1.54) is 22.7 Å². The molecule has 2 rings (SSSR count). The van der Waals surface area contributed by atoms with E-state index in [0.717, 1.165) is 12.6 Å². The summed E-state index contributed by atoms with van der Waals surface area (Å²) in [5.74, 6) is 0. The van der Waals surface area contributed by atoms with Crippen molar-refractivity contribution in [2.24, 2.45) is 0 Å². The molecule has 0 aliphatic rings. The molecule has 82 valence electrons. The van der Waals surface area contributed by atoms with Gasteiger partial charge in [-0.25, -0.2) is 0 Å². The lowest BCUT2D eigenvalue weighted by Crippen LogP contribution is -2.01. The van der Waals surface area contributed by atoms with E-state index < -0.39 is 6.10 Å². The number of hydrogen-bond acceptors (Lipinski definition) is 5. The van der Waals surface area contributed by atoms with Gasteiger partial charge in [0.2, 0.25) is 0 Å². The Morgan fingerprint density at radius 1 is 1.00 bits per heavy atom. The summed E-state index contributed by atoms with van der Waals surface area (Å²) in [5, 5.41) is 13.6. The molecule has 3 nitrogen and oxygen atoms in total. The third-order valence-corrected chi connectivity index (χ3v) is 3.97. The highest BCUT2D eigenvalue weighted by atomic mass is 32.1. The van der Waals surface area contributed by atoms with E-state index >= 15 is 0 Å². The molecular weight excluding hydrogens is 244 g/mol. The summed E-state index contributed by atoms with van der Waals surface area (Å²) < 4.78 is 0. The highest BCUT2D eigenvalue weighted by Crippen LogP contribution is 2.31. The topological polar surface area (TPSA) is 54.4 Å². The molecule has 0 unspecified atom stereocenters. The molecule has 0 fully saturated rings. The Hall–Kier alpha value is -1.30. The summed E-state index contributed by atoms with van der Waals surface area (Å²) in [6.07, 6.45) is 0.532. The zero-order chi connectivity index (χ0) is 11.5. The van der Waals surface area contributed by atoms with Gasteiger partial charge in [-0.2, -0.15) is 0 Å². The first kappa shape index (κ1) is 11.2. The number of aliphatic hydroxyl groups excluding tert-OH is 1. The van der Waals surface area contributed by atoms with Gasteiger partial charge in [0.15, 0.2) is 12.6 Å². The minimum absolute atomic E-state index is 0.496. The van der Waals surface area contributed by atoms with Gasteiger partial charge in [0.1, 0.15) is 6.10 Å². The second kappa shape index (κ2) is 4.69. The van der Waals surface area contributed by atoms with Crippen molar-refractivity contribution >= 4 is 35.2 Å². The number of carbonyl (C=O) groups excluding carboxylic acids is 2. The number of rotatable bonds is 4. The van der Waals surface area contributed by atoms with Gasteiger partial charge < -0.3 is 5.11 Å². The molecule has 0 aliphatic heterocycles. The van der Waals surface area contributed by atoms with Gasteiger partial charge in [0, 0.05) is 11.1 Å². The molecule has 0 radical (unpaired) electrons. The van der Waals surface area contributed by atoms with Crippen molar-refractivity contribution in [3.05, 3.63) is 43.8 Å². The van der Waals surface area contributed by atoms with Crippen LogP contribution in [0.4, 0.5) is 0 Å². The van der Waals surface area contributed by atoms with Crippen LogP contribution in [0.25, 0.3) is 0 Å². The number of thiophene rings is 2. The molecular formula is C11H8O3S2. The maximum Gasteiger partial charge on any atom is 0.160 e. The molecule has 0 spiro atoms. The standard InChI is InChI=1S/C11H8O3S2/c12-5-9-7(1-3-15-9)11(14)8-2-4-16-10(8)6-13/h1-6,11,14H. The fourth-order valence-corrected chi connectivity index (χ4v) is 2.94. The molecule has 2 heterocycles. The molecule has 0 atom stereocenters.